The quantitative estimate of drug-likeness (QED) is 0.113. The van der Waals surface area contributed by atoms with Gasteiger partial charge < -0.3 is 9.13 Å². The van der Waals surface area contributed by atoms with Crippen LogP contribution in [0.25, 0.3) is 168 Å². The number of alkyl halides is 6. The molecule has 0 aliphatic carbocycles. The summed E-state index contributed by atoms with van der Waals surface area (Å²) in [5.74, 6) is 2.94. The van der Waals surface area contributed by atoms with Gasteiger partial charge in [0, 0.05) is 77.2 Å². The van der Waals surface area contributed by atoms with Crippen LogP contribution in [0.2, 0.25) is 0 Å². The first-order valence-electron chi connectivity index (χ1n) is 36.4. The fourth-order valence-electron chi connectivity index (χ4n) is 14.7. The van der Waals surface area contributed by atoms with Gasteiger partial charge in [0.1, 0.15) is 0 Å². The monoisotopic (exact) mass is 1460 g/mol. The number of fused-ring (bicyclic) bond motifs is 6. The first-order valence-corrected chi connectivity index (χ1v) is 36.4. The van der Waals surface area contributed by atoms with Crippen LogP contribution in [0.15, 0.2) is 322 Å². The Balaban J connectivity index is 0.000000161. The maximum atomic E-state index is 14.0. The van der Waals surface area contributed by atoms with Crippen molar-refractivity contribution in [2.75, 3.05) is 0 Å². The highest BCUT2D eigenvalue weighted by molar-refractivity contribution is 6.13. The lowest BCUT2D eigenvalue weighted by Gasteiger charge is -2.21. The number of hydrogen-bond donors (Lipinski definition) is 0. The summed E-state index contributed by atoms with van der Waals surface area (Å²) in [6, 6.07) is 102. The molecule has 0 aliphatic heterocycles. The molecule has 18 rings (SSSR count). The molecule has 8 nitrogen and oxygen atoms in total. The van der Waals surface area contributed by atoms with Gasteiger partial charge in [-0.15, -0.1) is 0 Å². The Bertz CT molecular complexity index is 6360. The van der Waals surface area contributed by atoms with E-state index in [4.69, 9.17) is 29.9 Å². The smallest absolute Gasteiger partial charge is 0.308 e. The summed E-state index contributed by atoms with van der Waals surface area (Å²) in [5.41, 5.74) is 20.9. The molecule has 0 saturated carbocycles. The molecule has 14 aromatic carbocycles. The van der Waals surface area contributed by atoms with E-state index in [1.165, 1.54) is 0 Å². The van der Waals surface area contributed by atoms with Gasteiger partial charge in [-0.05, 0) is 148 Å². The predicted molar refractivity (Wildman–Crippen MR) is 436 cm³/mol. The zero-order chi connectivity index (χ0) is 76.2. The lowest BCUT2D eigenvalue weighted by atomic mass is 9.91. The molecule has 111 heavy (non-hydrogen) atoms. The van der Waals surface area contributed by atoms with Crippen LogP contribution in [-0.2, 0) is 12.4 Å². The van der Waals surface area contributed by atoms with Crippen molar-refractivity contribution < 1.29 is 26.3 Å². The van der Waals surface area contributed by atoms with E-state index in [9.17, 15) is 26.3 Å². The van der Waals surface area contributed by atoms with Crippen molar-refractivity contribution in [1.82, 2.24) is 39.0 Å². The molecule has 0 unspecified atom stereocenters. The van der Waals surface area contributed by atoms with Crippen molar-refractivity contribution in [3.8, 4) is 124 Å². The minimum Gasteiger partial charge on any atom is -0.308 e. The number of nitrogens with zero attached hydrogens (tertiary/aromatic N) is 8. The highest BCUT2D eigenvalue weighted by Crippen LogP contribution is 2.48. The van der Waals surface area contributed by atoms with Gasteiger partial charge in [0.25, 0.3) is 0 Å². The number of hydrogen-bond acceptors (Lipinski definition) is 6. The summed E-state index contributed by atoms with van der Waals surface area (Å²) >= 11 is 0. The standard InChI is InChI=1S/C49H35F3N4.C48H33F3N4/c1-30-14-18-33(19-15-30)39-28-37(48-54-46(35-10-6-4-7-11-35)53-47(55-48)36-12-8-5-9-13-36)29-40(34-20-22-38(23-21-34)49(50,51)52)45(39)56-43-24-16-31(2)26-41(43)42-27-32(3)17-25-44(42)56;1-30-17-20-32(21-18-30)39-28-36(47-53-45(34-11-5-3-6-12-34)52-46(54-47)35-13-7-4-8-14-35)29-40(33-22-24-37(25-23-33)48(49,50)51)44(39)55-42-16-10-9-15-38(42)41-27-31(2)19-26-43(41)55/h4-29H,1-3H3;3-29H,1-2H3. The second-order valence-corrected chi connectivity index (χ2v) is 28.0. The van der Waals surface area contributed by atoms with Gasteiger partial charge in [-0.1, -0.05) is 258 Å². The Hall–Kier alpha value is -13.7. The highest BCUT2D eigenvalue weighted by Gasteiger charge is 2.33. The Labute approximate surface area is 637 Å². The van der Waals surface area contributed by atoms with Crippen LogP contribution in [0.1, 0.15) is 38.9 Å². The molecule has 4 heterocycles. The molecule has 18 aromatic rings. The molecular formula is C97H68F6N8. The van der Waals surface area contributed by atoms with E-state index in [1.807, 2.05) is 159 Å². The normalized spacial score (nSPS) is 11.7. The van der Waals surface area contributed by atoms with Crippen LogP contribution < -0.4 is 0 Å². The van der Waals surface area contributed by atoms with Crippen LogP contribution in [0.4, 0.5) is 26.3 Å². The van der Waals surface area contributed by atoms with Gasteiger partial charge in [-0.3, -0.25) is 0 Å². The zero-order valence-corrected chi connectivity index (χ0v) is 60.9. The number of para-hydroxylation sites is 1. The van der Waals surface area contributed by atoms with Crippen molar-refractivity contribution in [2.24, 2.45) is 0 Å². The number of halogens is 6. The van der Waals surface area contributed by atoms with Gasteiger partial charge in [0.2, 0.25) is 0 Å². The van der Waals surface area contributed by atoms with Crippen LogP contribution >= 0.6 is 0 Å². The fourth-order valence-corrected chi connectivity index (χ4v) is 14.7. The lowest BCUT2D eigenvalue weighted by Crippen LogP contribution is -2.05. The zero-order valence-electron chi connectivity index (χ0n) is 60.9. The number of aryl methyl sites for hydroxylation is 5. The molecule has 0 N–H and O–H groups in total. The van der Waals surface area contributed by atoms with Crippen molar-refractivity contribution in [2.45, 2.75) is 47.0 Å². The third-order valence-corrected chi connectivity index (χ3v) is 20.3. The van der Waals surface area contributed by atoms with Crippen molar-refractivity contribution >= 4 is 43.6 Å². The van der Waals surface area contributed by atoms with Gasteiger partial charge in [-0.2, -0.15) is 26.3 Å². The minimum atomic E-state index is -4.48. The summed E-state index contributed by atoms with van der Waals surface area (Å²) in [6.07, 6.45) is -8.96. The predicted octanol–water partition coefficient (Wildman–Crippen LogP) is 26.2. The molecule has 0 aliphatic rings. The Morgan fingerprint density at radius 2 is 0.441 bits per heavy atom. The maximum Gasteiger partial charge on any atom is 0.416 e. The fraction of sp³-hybridized carbons (Fsp3) is 0.0722. The molecule has 538 valence electrons. The summed E-state index contributed by atoms with van der Waals surface area (Å²) in [7, 11) is 0. The SMILES string of the molecule is Cc1ccc(-c2cc(-c3nc(-c4ccccc4)nc(-c4ccccc4)n3)cc(-c3ccc(C(F)(F)F)cc3)c2-n2c3ccc(C)cc3c3cc(C)ccc32)cc1.Cc1ccc(-c2cc(-c3nc(-c4ccccc4)nc(-c4ccccc4)n3)cc(-c3ccc(C(F)(F)F)cc3)c2-n2c3ccccc3c3cc(C)ccc32)cc1. The van der Waals surface area contributed by atoms with E-state index in [0.29, 0.717) is 57.2 Å². The summed E-state index contributed by atoms with van der Waals surface area (Å²) in [4.78, 5) is 30.0. The third-order valence-electron chi connectivity index (χ3n) is 20.3. The highest BCUT2D eigenvalue weighted by atomic mass is 19.4. The molecule has 0 bridgehead atoms. The van der Waals surface area contributed by atoms with E-state index in [2.05, 4.69) is 157 Å². The summed E-state index contributed by atoms with van der Waals surface area (Å²) in [6.45, 7) is 10.3. The number of aromatic nitrogens is 8. The van der Waals surface area contributed by atoms with Crippen molar-refractivity contribution in [3.63, 3.8) is 0 Å². The molecule has 14 heteroatoms. The van der Waals surface area contributed by atoms with Crippen LogP contribution in [0, 0.1) is 34.6 Å². The first-order chi connectivity index (χ1) is 53.8. The Kier molecular flexibility index (Phi) is 18.2. The van der Waals surface area contributed by atoms with E-state index in [-0.39, 0.29) is 0 Å². The second kappa shape index (κ2) is 28.8. The van der Waals surface area contributed by atoms with E-state index in [1.54, 1.807) is 24.3 Å². The lowest BCUT2D eigenvalue weighted by molar-refractivity contribution is -0.138. The molecule has 0 atom stereocenters. The summed E-state index contributed by atoms with van der Waals surface area (Å²) in [5, 5.41) is 4.36. The molecule has 0 spiro atoms. The summed E-state index contributed by atoms with van der Waals surface area (Å²) < 4.78 is 88.2. The van der Waals surface area contributed by atoms with Crippen LogP contribution in [0.5, 0.6) is 0 Å². The molecule has 0 radical (unpaired) electrons. The van der Waals surface area contributed by atoms with Crippen LogP contribution in [0.3, 0.4) is 0 Å². The van der Waals surface area contributed by atoms with Gasteiger partial charge >= 0.3 is 12.4 Å². The van der Waals surface area contributed by atoms with Gasteiger partial charge in [0.05, 0.1) is 44.6 Å². The molecule has 0 saturated heterocycles. The number of benzene rings is 14. The average Bonchev–Trinajstić information content (AvgIpc) is 1.62. The van der Waals surface area contributed by atoms with E-state index >= 15 is 0 Å². The number of rotatable bonds is 12. The molecule has 0 fully saturated rings. The van der Waals surface area contributed by atoms with Gasteiger partial charge in [0.15, 0.2) is 34.9 Å². The molecule has 4 aromatic heterocycles. The largest absolute Gasteiger partial charge is 0.416 e. The third kappa shape index (κ3) is 13.9. The molecule has 0 amide bonds. The second-order valence-electron chi connectivity index (χ2n) is 28.0. The van der Waals surface area contributed by atoms with Gasteiger partial charge in [-0.25, -0.2) is 29.9 Å². The Morgan fingerprint density at radius 1 is 0.207 bits per heavy atom. The van der Waals surface area contributed by atoms with E-state index in [0.717, 1.165) is 163 Å². The average molecular weight is 1460 g/mol. The van der Waals surface area contributed by atoms with Crippen LogP contribution in [-0.4, -0.2) is 39.0 Å². The Morgan fingerprint density at radius 3 is 0.730 bits per heavy atom. The van der Waals surface area contributed by atoms with E-state index < -0.39 is 23.5 Å². The van der Waals surface area contributed by atoms with Crippen molar-refractivity contribution in [3.05, 3.63) is 360 Å². The van der Waals surface area contributed by atoms with Crippen molar-refractivity contribution in [1.29, 1.82) is 0 Å². The molecular weight excluding hydrogens is 1390 g/mol. The topological polar surface area (TPSA) is 87.2 Å². The minimum absolute atomic E-state index is 0.443. The first kappa shape index (κ1) is 70.3. The maximum absolute atomic E-state index is 14.0.